The van der Waals surface area contributed by atoms with E-state index in [4.69, 9.17) is 4.65 Å². The van der Waals surface area contributed by atoms with Crippen molar-refractivity contribution in [2.24, 2.45) is 5.92 Å². The SMILES string of the molecule is CC(C)(O)C(C)(C)O[B]c1cnn(C(c2ccc(C(F)F)nc2)C2CC2)c1. The molecule has 3 rings (SSSR count). The normalized spacial score (nSPS) is 16.6. The third kappa shape index (κ3) is 4.55. The Morgan fingerprint density at radius 3 is 2.44 bits per heavy atom. The van der Waals surface area contributed by atoms with E-state index in [1.807, 2.05) is 24.7 Å². The molecule has 2 heterocycles. The van der Waals surface area contributed by atoms with Crippen molar-refractivity contribution in [3.8, 4) is 0 Å². The second-order valence-corrected chi connectivity index (χ2v) is 8.16. The molecule has 1 aliphatic rings. The molecule has 0 amide bonds. The zero-order chi connectivity index (χ0) is 19.8. The third-order valence-corrected chi connectivity index (χ3v) is 5.31. The van der Waals surface area contributed by atoms with Crippen molar-refractivity contribution in [3.63, 3.8) is 0 Å². The summed E-state index contributed by atoms with van der Waals surface area (Å²) < 4.78 is 33.1. The summed E-state index contributed by atoms with van der Waals surface area (Å²) in [5, 5.41) is 14.6. The molecule has 1 radical (unpaired) electrons. The van der Waals surface area contributed by atoms with Gasteiger partial charge in [-0.05, 0) is 63.5 Å². The molecular formula is C19H25BF2N3O2. The van der Waals surface area contributed by atoms with Crippen LogP contribution in [0.1, 0.15) is 64.3 Å². The Bertz CT molecular complexity index is 768. The van der Waals surface area contributed by atoms with Gasteiger partial charge in [0.25, 0.3) is 6.43 Å². The number of halogens is 2. The smallest absolute Gasteiger partial charge is 0.334 e. The van der Waals surface area contributed by atoms with Gasteiger partial charge in [0, 0.05) is 18.6 Å². The summed E-state index contributed by atoms with van der Waals surface area (Å²) >= 11 is 0. The van der Waals surface area contributed by atoms with Crippen LogP contribution in [-0.4, -0.2) is 38.6 Å². The lowest BCUT2D eigenvalue weighted by Crippen LogP contribution is -2.49. The maximum atomic E-state index is 12.7. The van der Waals surface area contributed by atoms with E-state index in [2.05, 4.69) is 10.1 Å². The number of rotatable bonds is 8. The predicted octanol–water partition coefficient (Wildman–Crippen LogP) is 3.03. The van der Waals surface area contributed by atoms with Crippen molar-refractivity contribution in [1.29, 1.82) is 0 Å². The van der Waals surface area contributed by atoms with Gasteiger partial charge in [0.1, 0.15) is 5.69 Å². The number of hydrogen-bond acceptors (Lipinski definition) is 4. The zero-order valence-corrected chi connectivity index (χ0v) is 16.1. The van der Waals surface area contributed by atoms with Crippen molar-refractivity contribution in [2.45, 2.75) is 64.2 Å². The number of aromatic nitrogens is 3. The van der Waals surface area contributed by atoms with Crippen LogP contribution in [-0.2, 0) is 4.65 Å². The summed E-state index contributed by atoms with van der Waals surface area (Å²) in [5.74, 6) is 0.422. The van der Waals surface area contributed by atoms with Crippen LogP contribution in [0, 0.1) is 5.92 Å². The molecular weight excluding hydrogens is 351 g/mol. The first-order valence-electron chi connectivity index (χ1n) is 9.10. The van der Waals surface area contributed by atoms with E-state index in [-0.39, 0.29) is 11.7 Å². The Labute approximate surface area is 159 Å². The van der Waals surface area contributed by atoms with Crippen LogP contribution in [0.15, 0.2) is 30.7 Å². The van der Waals surface area contributed by atoms with Crippen molar-refractivity contribution >= 4 is 12.9 Å². The lowest BCUT2D eigenvalue weighted by atomic mass is 9.84. The largest absolute Gasteiger partial charge is 0.427 e. The second kappa shape index (κ2) is 7.32. The molecule has 1 unspecified atom stereocenters. The summed E-state index contributed by atoms with van der Waals surface area (Å²) in [7, 11) is 1.59. The lowest BCUT2D eigenvalue weighted by Gasteiger charge is -2.37. The molecule has 2 aromatic heterocycles. The van der Waals surface area contributed by atoms with Crippen LogP contribution < -0.4 is 5.46 Å². The first kappa shape index (κ1) is 20.0. The van der Waals surface area contributed by atoms with E-state index in [1.165, 1.54) is 12.3 Å². The fourth-order valence-corrected chi connectivity index (χ4v) is 2.70. The molecule has 0 bridgehead atoms. The van der Waals surface area contributed by atoms with Gasteiger partial charge in [0.15, 0.2) is 0 Å². The highest BCUT2D eigenvalue weighted by molar-refractivity contribution is 6.46. The van der Waals surface area contributed by atoms with E-state index in [9.17, 15) is 13.9 Å². The van der Waals surface area contributed by atoms with Crippen molar-refractivity contribution in [3.05, 3.63) is 42.0 Å². The molecule has 27 heavy (non-hydrogen) atoms. The van der Waals surface area contributed by atoms with Gasteiger partial charge in [-0.2, -0.15) is 5.10 Å². The highest BCUT2D eigenvalue weighted by Gasteiger charge is 2.37. The average Bonchev–Trinajstić information content (AvgIpc) is 3.30. The van der Waals surface area contributed by atoms with E-state index in [1.54, 1.807) is 33.6 Å². The summed E-state index contributed by atoms with van der Waals surface area (Å²) in [6.45, 7) is 7.03. The zero-order valence-electron chi connectivity index (χ0n) is 16.1. The Hall–Kier alpha value is -1.80. The molecule has 8 heteroatoms. The van der Waals surface area contributed by atoms with Gasteiger partial charge in [0.2, 0.25) is 0 Å². The van der Waals surface area contributed by atoms with Gasteiger partial charge in [-0.1, -0.05) is 6.07 Å². The summed E-state index contributed by atoms with van der Waals surface area (Å²) in [6.07, 6.45) is 4.65. The Morgan fingerprint density at radius 1 is 1.22 bits per heavy atom. The molecule has 2 aromatic rings. The van der Waals surface area contributed by atoms with Crippen LogP contribution in [0.4, 0.5) is 8.78 Å². The number of alkyl halides is 2. The molecule has 145 valence electrons. The quantitative estimate of drug-likeness (QED) is 0.720. The number of hydrogen-bond donors (Lipinski definition) is 1. The van der Waals surface area contributed by atoms with E-state index < -0.39 is 17.6 Å². The first-order valence-corrected chi connectivity index (χ1v) is 9.10. The molecule has 1 aliphatic carbocycles. The summed E-state index contributed by atoms with van der Waals surface area (Å²) in [5.41, 5.74) is -0.344. The monoisotopic (exact) mass is 376 g/mol. The van der Waals surface area contributed by atoms with Gasteiger partial charge in [-0.3, -0.25) is 9.67 Å². The Kier molecular flexibility index (Phi) is 5.41. The molecule has 1 saturated carbocycles. The van der Waals surface area contributed by atoms with E-state index in [0.29, 0.717) is 5.92 Å². The van der Waals surface area contributed by atoms with Crippen molar-refractivity contribution in [1.82, 2.24) is 14.8 Å². The minimum absolute atomic E-state index is 0.0336. The van der Waals surface area contributed by atoms with Crippen LogP contribution >= 0.6 is 0 Å². The fraction of sp³-hybridized carbons (Fsp3) is 0.579. The van der Waals surface area contributed by atoms with Gasteiger partial charge in [-0.15, -0.1) is 0 Å². The van der Waals surface area contributed by atoms with E-state index in [0.717, 1.165) is 23.9 Å². The lowest BCUT2D eigenvalue weighted by molar-refractivity contribution is -0.0893. The number of nitrogens with zero attached hydrogens (tertiary/aromatic N) is 3. The molecule has 0 aliphatic heterocycles. The minimum atomic E-state index is -2.57. The maximum absolute atomic E-state index is 12.7. The predicted molar refractivity (Wildman–Crippen MR) is 99.1 cm³/mol. The standard InChI is InChI=1S/C19H25BF2N3O2/c1-18(2,26)19(3,4)27-20-14-10-24-25(11-14)16(12-5-6-12)13-7-8-15(17(21)22)23-9-13/h7-12,16-17,26H,5-6H2,1-4H3. The molecule has 5 nitrogen and oxygen atoms in total. The molecule has 0 saturated heterocycles. The average molecular weight is 376 g/mol. The molecule has 0 spiro atoms. The fourth-order valence-electron chi connectivity index (χ4n) is 2.70. The Balaban J connectivity index is 1.74. The first-order chi connectivity index (χ1) is 12.6. The maximum Gasteiger partial charge on any atom is 0.334 e. The van der Waals surface area contributed by atoms with Crippen LogP contribution in [0.2, 0.25) is 0 Å². The van der Waals surface area contributed by atoms with E-state index >= 15 is 0 Å². The number of aliphatic hydroxyl groups is 1. The Morgan fingerprint density at radius 2 is 1.93 bits per heavy atom. The topological polar surface area (TPSA) is 60.2 Å². The van der Waals surface area contributed by atoms with Crippen LogP contribution in [0.3, 0.4) is 0 Å². The van der Waals surface area contributed by atoms with Gasteiger partial charge >= 0.3 is 7.48 Å². The molecule has 1 atom stereocenters. The van der Waals surface area contributed by atoms with Crippen molar-refractivity contribution < 1.29 is 18.5 Å². The highest BCUT2D eigenvalue weighted by atomic mass is 19.3. The number of pyridine rings is 1. The second-order valence-electron chi connectivity index (χ2n) is 8.16. The van der Waals surface area contributed by atoms with Crippen LogP contribution in [0.25, 0.3) is 0 Å². The molecule has 0 aromatic carbocycles. The molecule has 1 fully saturated rings. The summed E-state index contributed by atoms with van der Waals surface area (Å²) in [4.78, 5) is 3.89. The third-order valence-electron chi connectivity index (χ3n) is 5.31. The van der Waals surface area contributed by atoms with Gasteiger partial charge < -0.3 is 9.76 Å². The van der Waals surface area contributed by atoms with Gasteiger partial charge in [-0.25, -0.2) is 8.78 Å². The minimum Gasteiger partial charge on any atom is -0.427 e. The van der Waals surface area contributed by atoms with Gasteiger partial charge in [0.05, 0.1) is 17.2 Å². The highest BCUT2D eigenvalue weighted by Crippen LogP contribution is 2.43. The van der Waals surface area contributed by atoms with Crippen molar-refractivity contribution in [2.75, 3.05) is 0 Å². The van der Waals surface area contributed by atoms with Crippen LogP contribution in [0.5, 0.6) is 0 Å². The molecule has 1 N–H and O–H groups in total. The summed E-state index contributed by atoms with van der Waals surface area (Å²) in [6, 6.07) is 3.05.